The van der Waals surface area contributed by atoms with E-state index in [9.17, 15) is 0 Å². The molecule has 0 aliphatic heterocycles. The number of hydrogen-bond donors (Lipinski definition) is 1. The van der Waals surface area contributed by atoms with Crippen LogP contribution in [0.1, 0.15) is 43.9 Å². The molecule has 2 nitrogen and oxygen atoms in total. The fourth-order valence-electron chi connectivity index (χ4n) is 2.44. The number of hydrogen-bond acceptors (Lipinski definition) is 2. The van der Waals surface area contributed by atoms with Crippen molar-refractivity contribution >= 4 is 0 Å². The molecule has 1 heterocycles. The van der Waals surface area contributed by atoms with Crippen molar-refractivity contribution in [2.45, 2.75) is 39.7 Å². The van der Waals surface area contributed by atoms with Gasteiger partial charge in [0.15, 0.2) is 0 Å². The van der Waals surface area contributed by atoms with Gasteiger partial charge >= 0.3 is 0 Å². The first-order valence-corrected chi connectivity index (χ1v) is 7.50. The van der Waals surface area contributed by atoms with Gasteiger partial charge in [0.25, 0.3) is 0 Å². The lowest BCUT2D eigenvalue weighted by Crippen LogP contribution is -2.21. The van der Waals surface area contributed by atoms with Crippen LogP contribution in [-0.2, 0) is 0 Å². The van der Waals surface area contributed by atoms with Gasteiger partial charge in [-0.25, -0.2) is 0 Å². The van der Waals surface area contributed by atoms with Crippen LogP contribution in [0.25, 0.3) is 11.1 Å². The number of rotatable bonds is 6. The molecule has 0 saturated heterocycles. The van der Waals surface area contributed by atoms with E-state index in [4.69, 9.17) is 0 Å². The first-order valence-electron chi connectivity index (χ1n) is 7.50. The van der Waals surface area contributed by atoms with Crippen LogP contribution < -0.4 is 5.32 Å². The highest BCUT2D eigenvalue weighted by atomic mass is 14.9. The Kier molecular flexibility index (Phi) is 5.31. The van der Waals surface area contributed by atoms with Crippen molar-refractivity contribution in [1.82, 2.24) is 10.3 Å². The summed E-state index contributed by atoms with van der Waals surface area (Å²) in [5.41, 5.74) is 4.98. The minimum absolute atomic E-state index is 0.458. The summed E-state index contributed by atoms with van der Waals surface area (Å²) in [7, 11) is 0. The Morgan fingerprint density at radius 1 is 1.05 bits per heavy atom. The lowest BCUT2D eigenvalue weighted by Gasteiger charge is -2.17. The van der Waals surface area contributed by atoms with E-state index in [-0.39, 0.29) is 0 Å². The normalized spacial score (nSPS) is 12.3. The van der Waals surface area contributed by atoms with Crippen molar-refractivity contribution in [2.75, 3.05) is 6.54 Å². The molecule has 2 heteroatoms. The molecule has 0 radical (unpaired) electrons. The number of pyridine rings is 1. The van der Waals surface area contributed by atoms with Gasteiger partial charge in [-0.2, -0.15) is 0 Å². The second-order valence-electron chi connectivity index (χ2n) is 5.29. The molecule has 0 aliphatic rings. The minimum Gasteiger partial charge on any atom is -0.310 e. The van der Waals surface area contributed by atoms with Crippen LogP contribution in [0.2, 0.25) is 0 Å². The molecule has 0 bridgehead atoms. The molecule has 106 valence electrons. The van der Waals surface area contributed by atoms with Crippen molar-refractivity contribution in [1.29, 1.82) is 0 Å². The quantitative estimate of drug-likeness (QED) is 0.834. The molecule has 1 aromatic heterocycles. The summed E-state index contributed by atoms with van der Waals surface area (Å²) in [5.74, 6) is 0. The maximum Gasteiger partial charge on any atom is 0.0346 e. The highest BCUT2D eigenvalue weighted by molar-refractivity contribution is 5.63. The molecule has 2 aromatic rings. The molecule has 1 atom stereocenters. The summed E-state index contributed by atoms with van der Waals surface area (Å²) in [6.45, 7) is 7.58. The van der Waals surface area contributed by atoms with Crippen LogP contribution in [0.15, 0.2) is 42.7 Å². The smallest absolute Gasteiger partial charge is 0.0346 e. The van der Waals surface area contributed by atoms with E-state index >= 15 is 0 Å². The zero-order chi connectivity index (χ0) is 14.4. The zero-order valence-electron chi connectivity index (χ0n) is 12.7. The third-order valence-electron chi connectivity index (χ3n) is 3.57. The predicted octanol–water partition coefficient (Wildman–Crippen LogP) is 4.51. The summed E-state index contributed by atoms with van der Waals surface area (Å²) in [6, 6.07) is 11.5. The molecular formula is C18H24N2. The fraction of sp³-hybridized carbons (Fsp3) is 0.389. The van der Waals surface area contributed by atoms with Crippen molar-refractivity contribution < 1.29 is 0 Å². The van der Waals surface area contributed by atoms with Gasteiger partial charge in [0.1, 0.15) is 0 Å². The van der Waals surface area contributed by atoms with Crippen LogP contribution in [0.3, 0.4) is 0 Å². The third kappa shape index (κ3) is 3.67. The second kappa shape index (κ2) is 7.20. The Labute approximate surface area is 122 Å². The number of benzene rings is 1. The van der Waals surface area contributed by atoms with Gasteiger partial charge in [0, 0.05) is 24.0 Å². The monoisotopic (exact) mass is 268 g/mol. The molecule has 1 unspecified atom stereocenters. The lowest BCUT2D eigenvalue weighted by atomic mass is 10.00. The highest BCUT2D eigenvalue weighted by Gasteiger charge is 2.08. The van der Waals surface area contributed by atoms with Gasteiger partial charge in [-0.15, -0.1) is 0 Å². The maximum absolute atomic E-state index is 4.26. The van der Waals surface area contributed by atoms with Crippen LogP contribution >= 0.6 is 0 Å². The van der Waals surface area contributed by atoms with Crippen molar-refractivity contribution in [3.05, 3.63) is 53.9 Å². The third-order valence-corrected chi connectivity index (χ3v) is 3.57. The van der Waals surface area contributed by atoms with Crippen LogP contribution in [0, 0.1) is 6.92 Å². The number of aryl methyl sites for hydroxylation is 1. The molecule has 1 N–H and O–H groups in total. The van der Waals surface area contributed by atoms with Gasteiger partial charge in [-0.3, -0.25) is 4.98 Å². The van der Waals surface area contributed by atoms with E-state index in [2.05, 4.69) is 61.4 Å². The standard InChI is InChI=1S/C18H24N2/c1-4-10-20-18(5-2)16-8-6-15(7-9-16)17-11-14(3)12-19-13-17/h6-9,11-13,18,20H,4-5,10H2,1-3H3. The molecule has 0 amide bonds. The average molecular weight is 268 g/mol. The largest absolute Gasteiger partial charge is 0.310 e. The van der Waals surface area contributed by atoms with E-state index in [1.807, 2.05) is 12.4 Å². The first-order chi connectivity index (χ1) is 9.74. The second-order valence-corrected chi connectivity index (χ2v) is 5.29. The SMILES string of the molecule is CCCNC(CC)c1ccc(-c2cncc(C)c2)cc1. The molecular weight excluding hydrogens is 244 g/mol. The fourth-order valence-corrected chi connectivity index (χ4v) is 2.44. The van der Waals surface area contributed by atoms with Crippen LogP contribution in [0.4, 0.5) is 0 Å². The molecule has 20 heavy (non-hydrogen) atoms. The molecule has 0 saturated carbocycles. The summed E-state index contributed by atoms with van der Waals surface area (Å²) in [6.07, 6.45) is 6.10. The Bertz CT molecular complexity index is 531. The summed E-state index contributed by atoms with van der Waals surface area (Å²) in [5, 5.41) is 3.59. The number of aromatic nitrogens is 1. The van der Waals surface area contributed by atoms with Gasteiger partial charge in [-0.1, -0.05) is 38.1 Å². The molecule has 0 spiro atoms. The number of nitrogens with one attached hydrogen (secondary N) is 1. The predicted molar refractivity (Wildman–Crippen MR) is 85.7 cm³/mol. The van der Waals surface area contributed by atoms with Gasteiger partial charge in [0.05, 0.1) is 0 Å². The van der Waals surface area contributed by atoms with Gasteiger partial charge < -0.3 is 5.32 Å². The molecule has 0 fully saturated rings. The first kappa shape index (κ1) is 14.7. The van der Waals surface area contributed by atoms with E-state index in [1.165, 1.54) is 28.7 Å². The Hall–Kier alpha value is -1.67. The number of nitrogens with zero attached hydrogens (tertiary/aromatic N) is 1. The lowest BCUT2D eigenvalue weighted by molar-refractivity contribution is 0.518. The summed E-state index contributed by atoms with van der Waals surface area (Å²) in [4.78, 5) is 4.26. The minimum atomic E-state index is 0.458. The van der Waals surface area contributed by atoms with Gasteiger partial charge in [-0.05, 0) is 49.1 Å². The molecule has 2 rings (SSSR count). The van der Waals surface area contributed by atoms with Crippen molar-refractivity contribution in [3.8, 4) is 11.1 Å². The average Bonchev–Trinajstić information content (AvgIpc) is 2.49. The maximum atomic E-state index is 4.26. The van der Waals surface area contributed by atoms with E-state index < -0.39 is 0 Å². The summed E-state index contributed by atoms with van der Waals surface area (Å²) < 4.78 is 0. The zero-order valence-corrected chi connectivity index (χ0v) is 12.7. The molecule has 0 aliphatic carbocycles. The van der Waals surface area contributed by atoms with Crippen molar-refractivity contribution in [2.24, 2.45) is 0 Å². The van der Waals surface area contributed by atoms with E-state index in [1.54, 1.807) is 0 Å². The Morgan fingerprint density at radius 2 is 1.80 bits per heavy atom. The topological polar surface area (TPSA) is 24.9 Å². The van der Waals surface area contributed by atoms with Crippen molar-refractivity contribution in [3.63, 3.8) is 0 Å². The van der Waals surface area contributed by atoms with Gasteiger partial charge in [0.2, 0.25) is 0 Å². The highest BCUT2D eigenvalue weighted by Crippen LogP contribution is 2.23. The molecule has 1 aromatic carbocycles. The Balaban J connectivity index is 2.17. The van der Waals surface area contributed by atoms with Crippen LogP contribution in [-0.4, -0.2) is 11.5 Å². The van der Waals surface area contributed by atoms with E-state index in [0.717, 1.165) is 13.0 Å². The summed E-state index contributed by atoms with van der Waals surface area (Å²) >= 11 is 0. The van der Waals surface area contributed by atoms with E-state index in [0.29, 0.717) is 6.04 Å². The van der Waals surface area contributed by atoms with Crippen LogP contribution in [0.5, 0.6) is 0 Å². The Morgan fingerprint density at radius 3 is 2.40 bits per heavy atom.